The first-order valence-corrected chi connectivity index (χ1v) is 7.60. The molecule has 0 bridgehead atoms. The average molecular weight is 182 g/mol. The Balaban J connectivity index is 4.23. The molecule has 62 valence electrons. The summed E-state index contributed by atoms with van der Waals surface area (Å²) in [5, 5.41) is 17.9. The SMILES string of the molecule is CP(C)C(O)(CO)P(C)C. The van der Waals surface area contributed by atoms with E-state index in [1.54, 1.807) is 0 Å². The van der Waals surface area contributed by atoms with Crippen LogP contribution in [-0.4, -0.2) is 48.6 Å². The summed E-state index contributed by atoms with van der Waals surface area (Å²) in [6, 6.07) is 0. The summed E-state index contributed by atoms with van der Waals surface area (Å²) in [7, 11) is -0.902. The van der Waals surface area contributed by atoms with Gasteiger partial charge in [0, 0.05) is 0 Å². The van der Waals surface area contributed by atoms with Crippen LogP contribution in [0.2, 0.25) is 0 Å². The molecule has 0 atom stereocenters. The van der Waals surface area contributed by atoms with E-state index in [4.69, 9.17) is 5.11 Å². The molecule has 0 aliphatic rings. The Morgan fingerprint density at radius 3 is 1.40 bits per heavy atom. The molecule has 0 aromatic rings. The maximum absolute atomic E-state index is 9.78. The van der Waals surface area contributed by atoms with Crippen molar-refractivity contribution in [3.63, 3.8) is 0 Å². The summed E-state index contributed by atoms with van der Waals surface area (Å²) in [6.45, 7) is 7.88. The van der Waals surface area contributed by atoms with Crippen molar-refractivity contribution in [2.24, 2.45) is 0 Å². The van der Waals surface area contributed by atoms with Gasteiger partial charge in [0.05, 0.1) is 6.61 Å². The molecule has 0 spiro atoms. The van der Waals surface area contributed by atoms with Crippen LogP contribution < -0.4 is 0 Å². The summed E-state index contributed by atoms with van der Waals surface area (Å²) in [6.07, 6.45) is 0. The van der Waals surface area contributed by atoms with Crippen LogP contribution in [0.4, 0.5) is 0 Å². The van der Waals surface area contributed by atoms with Crippen molar-refractivity contribution in [1.29, 1.82) is 0 Å². The van der Waals surface area contributed by atoms with Gasteiger partial charge < -0.3 is 10.2 Å². The van der Waals surface area contributed by atoms with Crippen molar-refractivity contribution in [3.05, 3.63) is 0 Å². The lowest BCUT2D eigenvalue weighted by Crippen LogP contribution is -2.27. The van der Waals surface area contributed by atoms with Gasteiger partial charge in [0.1, 0.15) is 5.08 Å². The minimum atomic E-state index is -0.773. The second-order valence-electron chi connectivity index (χ2n) is 2.72. The van der Waals surface area contributed by atoms with Crippen molar-refractivity contribution < 1.29 is 10.2 Å². The fourth-order valence-electron chi connectivity index (χ4n) is 0.683. The lowest BCUT2D eigenvalue weighted by Gasteiger charge is -2.34. The van der Waals surface area contributed by atoms with E-state index in [2.05, 4.69) is 0 Å². The third-order valence-corrected chi connectivity index (χ3v) is 7.19. The predicted octanol–water partition coefficient (Wildman–Crippen LogP) is 1.11. The highest BCUT2D eigenvalue weighted by Crippen LogP contribution is 2.58. The monoisotopic (exact) mass is 182 g/mol. The van der Waals surface area contributed by atoms with Crippen LogP contribution in [0.1, 0.15) is 0 Å². The third-order valence-electron chi connectivity index (χ3n) is 1.64. The van der Waals surface area contributed by atoms with Gasteiger partial charge in [0.2, 0.25) is 0 Å². The van der Waals surface area contributed by atoms with E-state index in [0.717, 1.165) is 0 Å². The minimum Gasteiger partial charge on any atom is -0.393 e. The smallest absolute Gasteiger partial charge is 0.123 e. The molecule has 0 unspecified atom stereocenters. The zero-order valence-electron chi connectivity index (χ0n) is 7.00. The molecule has 0 aromatic carbocycles. The van der Waals surface area contributed by atoms with E-state index in [0.29, 0.717) is 0 Å². The molecule has 2 N–H and O–H groups in total. The molecule has 0 heterocycles. The molecule has 10 heavy (non-hydrogen) atoms. The molecule has 0 aromatic heterocycles. The van der Waals surface area contributed by atoms with E-state index < -0.39 is 20.9 Å². The van der Waals surface area contributed by atoms with Gasteiger partial charge in [0.25, 0.3) is 0 Å². The molecule has 0 fully saturated rings. The number of hydrogen-bond acceptors (Lipinski definition) is 2. The lowest BCUT2D eigenvalue weighted by atomic mass is 10.8. The van der Waals surface area contributed by atoms with Gasteiger partial charge in [-0.05, 0) is 26.7 Å². The zero-order chi connectivity index (χ0) is 8.36. The van der Waals surface area contributed by atoms with Crippen LogP contribution in [0.25, 0.3) is 0 Å². The maximum atomic E-state index is 9.78. The summed E-state index contributed by atoms with van der Waals surface area (Å²) < 4.78 is 0. The van der Waals surface area contributed by atoms with E-state index >= 15 is 0 Å². The Kier molecular flexibility index (Phi) is 4.28. The van der Waals surface area contributed by atoms with Crippen LogP contribution >= 0.6 is 15.8 Å². The van der Waals surface area contributed by atoms with Gasteiger partial charge in [-0.25, -0.2) is 0 Å². The molecule has 0 aliphatic heterocycles. The Morgan fingerprint density at radius 1 is 1.10 bits per heavy atom. The Labute approximate surface area is 65.2 Å². The molecular formula is C6H16O2P2. The van der Waals surface area contributed by atoms with Crippen LogP contribution in [0, 0.1) is 0 Å². The highest BCUT2D eigenvalue weighted by molar-refractivity contribution is 7.75. The van der Waals surface area contributed by atoms with Crippen molar-refractivity contribution in [1.82, 2.24) is 0 Å². The number of rotatable bonds is 3. The van der Waals surface area contributed by atoms with E-state index in [9.17, 15) is 5.11 Å². The third kappa shape index (κ3) is 2.13. The van der Waals surface area contributed by atoms with E-state index in [1.165, 1.54) is 0 Å². The Morgan fingerprint density at radius 2 is 1.40 bits per heavy atom. The molecule has 0 saturated carbocycles. The van der Waals surface area contributed by atoms with Crippen LogP contribution in [0.15, 0.2) is 0 Å². The first kappa shape index (κ1) is 10.8. The summed E-state index contributed by atoms with van der Waals surface area (Å²) in [5.74, 6) is 0. The lowest BCUT2D eigenvalue weighted by molar-refractivity contribution is 0.127. The van der Waals surface area contributed by atoms with Crippen molar-refractivity contribution in [3.8, 4) is 0 Å². The highest BCUT2D eigenvalue weighted by Gasteiger charge is 2.33. The van der Waals surface area contributed by atoms with Gasteiger partial charge in [-0.15, -0.1) is 0 Å². The highest BCUT2D eigenvalue weighted by atomic mass is 31.2. The Bertz CT molecular complexity index is 95.9. The van der Waals surface area contributed by atoms with Crippen LogP contribution in [0.5, 0.6) is 0 Å². The molecule has 0 radical (unpaired) electrons. The number of hydrogen-bond donors (Lipinski definition) is 2. The topological polar surface area (TPSA) is 40.5 Å². The Hall–Kier alpha value is 0.780. The molecule has 0 aliphatic carbocycles. The van der Waals surface area contributed by atoms with Crippen molar-refractivity contribution >= 4 is 15.8 Å². The van der Waals surface area contributed by atoms with Gasteiger partial charge in [0.15, 0.2) is 0 Å². The molecule has 2 nitrogen and oxygen atoms in total. The summed E-state index contributed by atoms with van der Waals surface area (Å²) >= 11 is 0. The number of aliphatic hydroxyl groups is 2. The molecule has 0 saturated heterocycles. The normalized spacial score (nSPS) is 13.2. The van der Waals surface area contributed by atoms with E-state index in [1.807, 2.05) is 26.7 Å². The molecular weight excluding hydrogens is 166 g/mol. The number of aliphatic hydroxyl groups excluding tert-OH is 1. The predicted molar refractivity (Wildman–Crippen MR) is 49.6 cm³/mol. The van der Waals surface area contributed by atoms with Crippen molar-refractivity contribution in [2.45, 2.75) is 5.08 Å². The van der Waals surface area contributed by atoms with Crippen LogP contribution in [-0.2, 0) is 0 Å². The molecule has 0 amide bonds. The zero-order valence-corrected chi connectivity index (χ0v) is 8.78. The molecule has 0 rings (SSSR count). The van der Waals surface area contributed by atoms with Gasteiger partial charge in [-0.1, -0.05) is 15.8 Å². The largest absolute Gasteiger partial charge is 0.393 e. The fourth-order valence-corrected chi connectivity index (χ4v) is 4.45. The summed E-state index contributed by atoms with van der Waals surface area (Å²) in [4.78, 5) is 0. The second kappa shape index (κ2) is 3.97. The van der Waals surface area contributed by atoms with Gasteiger partial charge in [-0.3, -0.25) is 0 Å². The molecule has 4 heteroatoms. The minimum absolute atomic E-state index is 0.0928. The van der Waals surface area contributed by atoms with Crippen molar-refractivity contribution in [2.75, 3.05) is 33.3 Å². The quantitative estimate of drug-likeness (QED) is 0.642. The van der Waals surface area contributed by atoms with Crippen LogP contribution in [0.3, 0.4) is 0 Å². The first-order valence-electron chi connectivity index (χ1n) is 3.13. The van der Waals surface area contributed by atoms with E-state index in [-0.39, 0.29) is 6.61 Å². The standard InChI is InChI=1S/C6H16O2P2/c1-9(2)6(8,5-7)10(3)4/h7-8H,5H2,1-4H3. The second-order valence-corrected chi connectivity index (χ2v) is 8.13. The van der Waals surface area contributed by atoms with Gasteiger partial charge in [-0.2, -0.15) is 0 Å². The summed E-state index contributed by atoms with van der Waals surface area (Å²) in [5.41, 5.74) is 0. The first-order chi connectivity index (χ1) is 4.45. The van der Waals surface area contributed by atoms with Gasteiger partial charge >= 0.3 is 0 Å². The average Bonchev–Trinajstić information content (AvgIpc) is 1.85. The fraction of sp³-hybridized carbons (Fsp3) is 1.00. The maximum Gasteiger partial charge on any atom is 0.123 e.